The fraction of sp³-hybridized carbons (Fsp3) is 0.200. The number of nitrogens with one attached hydrogen (secondary N) is 2. The number of amides is 2. The van der Waals surface area contributed by atoms with Gasteiger partial charge in [-0.25, -0.2) is 0 Å². The highest BCUT2D eigenvalue weighted by Crippen LogP contribution is 2.29. The summed E-state index contributed by atoms with van der Waals surface area (Å²) in [5.41, 5.74) is 2.00. The van der Waals surface area contributed by atoms with Gasteiger partial charge < -0.3 is 24.8 Å². The third-order valence-corrected chi connectivity index (χ3v) is 4.69. The van der Waals surface area contributed by atoms with Crippen molar-refractivity contribution < 1.29 is 23.8 Å². The molecule has 2 amide bonds. The molecular formula is C25H26N2O5. The van der Waals surface area contributed by atoms with E-state index >= 15 is 0 Å². The SMILES string of the molecule is COc1ccc(NC(=O)c2ccc(CNC(=O)CCOc3ccccc3)cc2)cc1OC. The van der Waals surface area contributed by atoms with Crippen LogP contribution in [-0.2, 0) is 11.3 Å². The number of ether oxygens (including phenoxy) is 3. The van der Waals surface area contributed by atoms with Crippen LogP contribution in [0.15, 0.2) is 72.8 Å². The summed E-state index contributed by atoms with van der Waals surface area (Å²) in [5.74, 6) is 1.51. The number of hydrogen-bond acceptors (Lipinski definition) is 5. The van der Waals surface area contributed by atoms with E-state index in [1.54, 1.807) is 37.4 Å². The van der Waals surface area contributed by atoms with Crippen LogP contribution in [0.4, 0.5) is 5.69 Å². The van der Waals surface area contributed by atoms with Crippen molar-refractivity contribution in [3.8, 4) is 17.2 Å². The maximum absolute atomic E-state index is 12.5. The van der Waals surface area contributed by atoms with Gasteiger partial charge in [0.2, 0.25) is 5.91 Å². The summed E-state index contributed by atoms with van der Waals surface area (Å²) in [6.45, 7) is 0.687. The number of methoxy groups -OCH3 is 2. The first-order valence-corrected chi connectivity index (χ1v) is 10.2. The molecule has 0 fully saturated rings. The number of anilines is 1. The molecule has 0 aromatic heterocycles. The summed E-state index contributed by atoms with van der Waals surface area (Å²) in [7, 11) is 3.09. The van der Waals surface area contributed by atoms with Crippen molar-refractivity contribution in [1.82, 2.24) is 5.32 Å². The number of para-hydroxylation sites is 1. The van der Waals surface area contributed by atoms with E-state index in [9.17, 15) is 9.59 Å². The van der Waals surface area contributed by atoms with Crippen LogP contribution >= 0.6 is 0 Å². The second kappa shape index (κ2) is 11.4. The maximum Gasteiger partial charge on any atom is 0.255 e. The van der Waals surface area contributed by atoms with Gasteiger partial charge in [0.15, 0.2) is 11.5 Å². The third-order valence-electron chi connectivity index (χ3n) is 4.69. The number of benzene rings is 3. The molecule has 3 aromatic rings. The lowest BCUT2D eigenvalue weighted by Gasteiger charge is -2.11. The van der Waals surface area contributed by atoms with Gasteiger partial charge in [0, 0.05) is 23.9 Å². The molecule has 0 bridgehead atoms. The van der Waals surface area contributed by atoms with Crippen LogP contribution in [-0.4, -0.2) is 32.6 Å². The van der Waals surface area contributed by atoms with Crippen LogP contribution in [0, 0.1) is 0 Å². The van der Waals surface area contributed by atoms with E-state index in [2.05, 4.69) is 10.6 Å². The van der Waals surface area contributed by atoms with Crippen LogP contribution in [0.1, 0.15) is 22.3 Å². The molecule has 0 unspecified atom stereocenters. The molecule has 3 aromatic carbocycles. The van der Waals surface area contributed by atoms with Gasteiger partial charge >= 0.3 is 0 Å². The van der Waals surface area contributed by atoms with Gasteiger partial charge in [-0.15, -0.1) is 0 Å². The van der Waals surface area contributed by atoms with Crippen molar-refractivity contribution in [2.24, 2.45) is 0 Å². The number of hydrogen-bond donors (Lipinski definition) is 2. The average Bonchev–Trinajstić information content (AvgIpc) is 2.83. The van der Waals surface area contributed by atoms with Crippen molar-refractivity contribution >= 4 is 17.5 Å². The Balaban J connectivity index is 1.46. The van der Waals surface area contributed by atoms with E-state index in [0.29, 0.717) is 35.9 Å². The van der Waals surface area contributed by atoms with E-state index in [0.717, 1.165) is 11.3 Å². The van der Waals surface area contributed by atoms with E-state index < -0.39 is 0 Å². The Morgan fingerprint density at radius 3 is 2.25 bits per heavy atom. The van der Waals surface area contributed by atoms with Crippen LogP contribution in [0.5, 0.6) is 17.2 Å². The molecule has 0 spiro atoms. The lowest BCUT2D eigenvalue weighted by Crippen LogP contribution is -2.24. The van der Waals surface area contributed by atoms with Gasteiger partial charge in [-0.05, 0) is 42.0 Å². The van der Waals surface area contributed by atoms with Gasteiger partial charge in [0.25, 0.3) is 5.91 Å². The largest absolute Gasteiger partial charge is 0.493 e. The Hall–Kier alpha value is -4.00. The average molecular weight is 434 g/mol. The molecule has 0 radical (unpaired) electrons. The fourth-order valence-corrected chi connectivity index (χ4v) is 2.96. The standard InChI is InChI=1S/C25H26N2O5/c1-30-22-13-12-20(16-23(22)31-2)27-25(29)19-10-8-18(9-11-19)17-26-24(28)14-15-32-21-6-4-3-5-7-21/h3-13,16H,14-15,17H2,1-2H3,(H,26,28)(H,27,29). The first kappa shape index (κ1) is 22.7. The lowest BCUT2D eigenvalue weighted by atomic mass is 10.1. The van der Waals surface area contributed by atoms with Crippen LogP contribution < -0.4 is 24.8 Å². The van der Waals surface area contributed by atoms with E-state index in [1.807, 2.05) is 42.5 Å². The third kappa shape index (κ3) is 6.50. The molecule has 0 saturated carbocycles. The molecule has 7 heteroatoms. The van der Waals surface area contributed by atoms with Crippen LogP contribution in [0.3, 0.4) is 0 Å². The molecule has 0 saturated heterocycles. The van der Waals surface area contributed by atoms with Gasteiger partial charge in [0.1, 0.15) is 5.75 Å². The quantitative estimate of drug-likeness (QED) is 0.503. The molecule has 0 aliphatic heterocycles. The highest BCUT2D eigenvalue weighted by molar-refractivity contribution is 6.04. The fourth-order valence-electron chi connectivity index (χ4n) is 2.96. The minimum Gasteiger partial charge on any atom is -0.493 e. The molecule has 3 rings (SSSR count). The van der Waals surface area contributed by atoms with Crippen LogP contribution in [0.2, 0.25) is 0 Å². The number of rotatable bonds is 10. The summed E-state index contributed by atoms with van der Waals surface area (Å²) in [5, 5.41) is 5.68. The Morgan fingerprint density at radius 1 is 0.844 bits per heavy atom. The lowest BCUT2D eigenvalue weighted by molar-refractivity contribution is -0.121. The molecule has 0 aliphatic rings. The maximum atomic E-state index is 12.5. The minimum atomic E-state index is -0.245. The Bertz CT molecular complexity index is 1040. The second-order valence-corrected chi connectivity index (χ2v) is 6.91. The highest BCUT2D eigenvalue weighted by Gasteiger charge is 2.10. The summed E-state index contributed by atoms with van der Waals surface area (Å²) in [6, 6.07) is 21.6. The number of carbonyl (C=O) groups excluding carboxylic acids is 2. The predicted molar refractivity (Wildman–Crippen MR) is 122 cm³/mol. The van der Waals surface area contributed by atoms with Gasteiger partial charge in [-0.3, -0.25) is 9.59 Å². The first-order valence-electron chi connectivity index (χ1n) is 10.2. The highest BCUT2D eigenvalue weighted by atomic mass is 16.5. The zero-order valence-electron chi connectivity index (χ0n) is 18.1. The zero-order valence-corrected chi connectivity index (χ0v) is 18.1. The summed E-state index contributed by atoms with van der Waals surface area (Å²) in [4.78, 5) is 24.5. The Labute approximate surface area is 187 Å². The Morgan fingerprint density at radius 2 is 1.56 bits per heavy atom. The van der Waals surface area contributed by atoms with Crippen molar-refractivity contribution in [2.75, 3.05) is 26.1 Å². The smallest absolute Gasteiger partial charge is 0.255 e. The van der Waals surface area contributed by atoms with Gasteiger partial charge in [-0.2, -0.15) is 0 Å². The molecule has 166 valence electrons. The molecular weight excluding hydrogens is 408 g/mol. The van der Waals surface area contributed by atoms with Crippen molar-refractivity contribution in [1.29, 1.82) is 0 Å². The number of carbonyl (C=O) groups is 2. The first-order chi connectivity index (χ1) is 15.6. The molecule has 7 nitrogen and oxygen atoms in total. The van der Waals surface area contributed by atoms with E-state index in [4.69, 9.17) is 14.2 Å². The Kier molecular flexibility index (Phi) is 8.09. The summed E-state index contributed by atoms with van der Waals surface area (Å²) in [6.07, 6.45) is 0.265. The topological polar surface area (TPSA) is 85.9 Å². The van der Waals surface area contributed by atoms with Gasteiger partial charge in [-0.1, -0.05) is 30.3 Å². The van der Waals surface area contributed by atoms with E-state index in [-0.39, 0.29) is 18.2 Å². The van der Waals surface area contributed by atoms with Gasteiger partial charge in [0.05, 0.1) is 27.2 Å². The normalized spacial score (nSPS) is 10.2. The zero-order chi connectivity index (χ0) is 22.8. The molecule has 32 heavy (non-hydrogen) atoms. The molecule has 0 heterocycles. The van der Waals surface area contributed by atoms with Crippen molar-refractivity contribution in [3.63, 3.8) is 0 Å². The van der Waals surface area contributed by atoms with Crippen LogP contribution in [0.25, 0.3) is 0 Å². The minimum absolute atomic E-state index is 0.101. The molecule has 0 atom stereocenters. The molecule has 0 aliphatic carbocycles. The monoisotopic (exact) mass is 434 g/mol. The van der Waals surface area contributed by atoms with E-state index in [1.165, 1.54) is 7.11 Å². The predicted octanol–water partition coefficient (Wildman–Crippen LogP) is 4.04. The molecule has 2 N–H and O–H groups in total. The van der Waals surface area contributed by atoms with Crippen molar-refractivity contribution in [2.45, 2.75) is 13.0 Å². The second-order valence-electron chi connectivity index (χ2n) is 6.91. The van der Waals surface area contributed by atoms with Crippen molar-refractivity contribution in [3.05, 3.63) is 83.9 Å². The summed E-state index contributed by atoms with van der Waals surface area (Å²) >= 11 is 0. The summed E-state index contributed by atoms with van der Waals surface area (Å²) < 4.78 is 16.0.